The molecule has 0 atom stereocenters. The average Bonchev–Trinajstić information content (AvgIpc) is 2.59. The molecule has 0 amide bonds. The molecule has 0 N–H and O–H groups in total. The Morgan fingerprint density at radius 3 is 2.38 bits per heavy atom. The van der Waals surface area contributed by atoms with Crippen LogP contribution in [0.3, 0.4) is 0 Å². The molecule has 87 valence electrons. The fourth-order valence-corrected chi connectivity index (χ4v) is 1.83. The summed E-state index contributed by atoms with van der Waals surface area (Å²) in [5, 5.41) is 0. The van der Waals surface area contributed by atoms with Crippen molar-refractivity contribution in [2.75, 3.05) is 0 Å². The summed E-state index contributed by atoms with van der Waals surface area (Å²) in [7, 11) is 0. The molecular weight excluding hydrogens is 292 g/mol. The van der Waals surface area contributed by atoms with Crippen molar-refractivity contribution < 1.29 is 31.5 Å². The summed E-state index contributed by atoms with van der Waals surface area (Å²) < 4.78 is 29.6. The Bertz CT molecular complexity index is 358. The molecule has 4 heteroatoms. The summed E-state index contributed by atoms with van der Waals surface area (Å²) in [6.45, 7) is 2.24. The van der Waals surface area contributed by atoms with E-state index in [2.05, 4.69) is 37.3 Å². The SMILES string of the molecule is CCCC1=Cc2ccccc2C1.[F][Zr]([F])[F]. The van der Waals surface area contributed by atoms with Gasteiger partial charge in [-0.15, -0.1) is 0 Å². The van der Waals surface area contributed by atoms with Gasteiger partial charge in [0.1, 0.15) is 0 Å². The van der Waals surface area contributed by atoms with Gasteiger partial charge in [-0.2, -0.15) is 0 Å². The number of fused-ring (bicyclic) bond motifs is 1. The molecule has 0 fully saturated rings. The topological polar surface area (TPSA) is 0 Å². The molecule has 0 aromatic heterocycles. The number of rotatable bonds is 2. The molecule has 0 aliphatic heterocycles. The van der Waals surface area contributed by atoms with Crippen molar-refractivity contribution >= 4 is 6.08 Å². The second-order valence-electron chi connectivity index (χ2n) is 3.64. The molecule has 0 unspecified atom stereocenters. The van der Waals surface area contributed by atoms with Crippen molar-refractivity contribution in [1.82, 2.24) is 0 Å². The first-order valence-corrected chi connectivity index (χ1v) is 8.03. The van der Waals surface area contributed by atoms with Crippen LogP contribution in [0.4, 0.5) is 7.88 Å². The zero-order chi connectivity index (χ0) is 12.0. The third-order valence-corrected chi connectivity index (χ3v) is 2.40. The van der Waals surface area contributed by atoms with Crippen LogP contribution in [0.15, 0.2) is 29.8 Å². The zero-order valence-corrected chi connectivity index (χ0v) is 11.6. The molecule has 0 bridgehead atoms. The van der Waals surface area contributed by atoms with Crippen LogP contribution in [0.25, 0.3) is 6.08 Å². The minimum atomic E-state index is -5.04. The van der Waals surface area contributed by atoms with Crippen molar-refractivity contribution in [3.8, 4) is 0 Å². The maximum atomic E-state index is 9.86. The standard InChI is InChI=1S/C12H14.3FH.Zr/c1-2-5-10-8-11-6-3-4-7-12(11)9-10;;;;/h3-4,6-8H,2,5,9H2,1H3;3*1H;/q;;;;+3/p-3. The zero-order valence-electron chi connectivity index (χ0n) is 9.14. The van der Waals surface area contributed by atoms with Gasteiger partial charge in [0.05, 0.1) is 0 Å². The fourth-order valence-electron chi connectivity index (χ4n) is 1.83. The first-order valence-electron chi connectivity index (χ1n) is 5.24. The molecule has 1 aliphatic carbocycles. The summed E-state index contributed by atoms with van der Waals surface area (Å²) in [5.41, 5.74) is 4.53. The molecule has 1 aliphatic rings. The Labute approximate surface area is 105 Å². The van der Waals surface area contributed by atoms with E-state index in [4.69, 9.17) is 0 Å². The predicted octanol–water partition coefficient (Wildman–Crippen LogP) is 4.68. The number of halogens is 3. The second kappa shape index (κ2) is 7.06. The summed E-state index contributed by atoms with van der Waals surface area (Å²) in [5.74, 6) is 0. The second-order valence-corrected chi connectivity index (χ2v) is 4.70. The van der Waals surface area contributed by atoms with Crippen LogP contribution in [-0.4, -0.2) is 0 Å². The van der Waals surface area contributed by atoms with Gasteiger partial charge in [-0.3, -0.25) is 0 Å². The van der Waals surface area contributed by atoms with Crippen LogP contribution >= 0.6 is 0 Å². The molecule has 0 saturated heterocycles. The van der Waals surface area contributed by atoms with E-state index in [1.165, 1.54) is 30.4 Å². The Kier molecular flexibility index (Phi) is 6.04. The number of benzene rings is 1. The van der Waals surface area contributed by atoms with Gasteiger partial charge in [0, 0.05) is 0 Å². The Hall–Kier alpha value is -0.367. The predicted molar refractivity (Wildman–Crippen MR) is 56.4 cm³/mol. The van der Waals surface area contributed by atoms with E-state index in [1.807, 2.05) is 0 Å². The van der Waals surface area contributed by atoms with Crippen LogP contribution < -0.4 is 0 Å². The third-order valence-electron chi connectivity index (χ3n) is 2.40. The molecule has 0 radical (unpaired) electrons. The molecule has 1 aromatic rings. The van der Waals surface area contributed by atoms with E-state index in [1.54, 1.807) is 5.57 Å². The molecule has 0 spiro atoms. The summed E-state index contributed by atoms with van der Waals surface area (Å²) in [6, 6.07) is 8.68. The number of allylic oxidation sites excluding steroid dienone is 1. The van der Waals surface area contributed by atoms with Crippen molar-refractivity contribution in [1.29, 1.82) is 0 Å². The van der Waals surface area contributed by atoms with Crippen LogP contribution in [0.5, 0.6) is 0 Å². The van der Waals surface area contributed by atoms with E-state index in [9.17, 15) is 7.88 Å². The third kappa shape index (κ3) is 4.65. The van der Waals surface area contributed by atoms with Gasteiger partial charge in [-0.1, -0.05) is 49.3 Å². The Morgan fingerprint density at radius 1 is 1.19 bits per heavy atom. The van der Waals surface area contributed by atoms with Gasteiger partial charge >= 0.3 is 31.5 Å². The quantitative estimate of drug-likeness (QED) is 0.744. The summed E-state index contributed by atoms with van der Waals surface area (Å²) in [6.07, 6.45) is 6.05. The fraction of sp³-hybridized carbons (Fsp3) is 0.333. The number of hydrogen-bond donors (Lipinski definition) is 0. The van der Waals surface area contributed by atoms with E-state index in [0.717, 1.165) is 0 Å². The van der Waals surface area contributed by atoms with Crippen LogP contribution in [0.1, 0.15) is 30.9 Å². The van der Waals surface area contributed by atoms with E-state index < -0.39 is 23.6 Å². The van der Waals surface area contributed by atoms with Gasteiger partial charge < -0.3 is 0 Å². The molecule has 16 heavy (non-hydrogen) atoms. The van der Waals surface area contributed by atoms with Crippen molar-refractivity contribution in [2.45, 2.75) is 26.2 Å². The van der Waals surface area contributed by atoms with Crippen molar-refractivity contribution in [3.63, 3.8) is 0 Å². The molecule has 0 heterocycles. The molecule has 0 saturated carbocycles. The van der Waals surface area contributed by atoms with E-state index >= 15 is 0 Å². The monoisotopic (exact) mass is 305 g/mol. The van der Waals surface area contributed by atoms with Crippen molar-refractivity contribution in [2.24, 2.45) is 0 Å². The van der Waals surface area contributed by atoms with Crippen LogP contribution in [0.2, 0.25) is 0 Å². The molecule has 0 nitrogen and oxygen atoms in total. The van der Waals surface area contributed by atoms with Crippen LogP contribution in [0, 0.1) is 0 Å². The van der Waals surface area contributed by atoms with Gasteiger partial charge in [0.25, 0.3) is 0 Å². The van der Waals surface area contributed by atoms with Gasteiger partial charge in [-0.05, 0) is 24.0 Å². The first kappa shape index (κ1) is 13.7. The van der Waals surface area contributed by atoms with E-state index in [-0.39, 0.29) is 0 Å². The van der Waals surface area contributed by atoms with Gasteiger partial charge in [0.2, 0.25) is 0 Å². The van der Waals surface area contributed by atoms with E-state index in [0.29, 0.717) is 0 Å². The van der Waals surface area contributed by atoms with Gasteiger partial charge in [0.15, 0.2) is 0 Å². The minimum absolute atomic E-state index is 1.18. The number of hydrogen-bond acceptors (Lipinski definition) is 0. The molecule has 2 rings (SSSR count). The van der Waals surface area contributed by atoms with Crippen LogP contribution in [-0.2, 0) is 30.0 Å². The Balaban J connectivity index is 0.000000280. The first-order chi connectivity index (χ1) is 7.63. The summed E-state index contributed by atoms with van der Waals surface area (Å²) in [4.78, 5) is 0. The molecular formula is C12H14F3Zr. The average molecular weight is 306 g/mol. The summed E-state index contributed by atoms with van der Waals surface area (Å²) >= 11 is -5.04. The maximum absolute atomic E-state index is 9.86. The molecule has 1 aromatic carbocycles. The Morgan fingerprint density at radius 2 is 1.81 bits per heavy atom. The normalized spacial score (nSPS) is 12.4. The van der Waals surface area contributed by atoms with Gasteiger partial charge in [-0.25, -0.2) is 0 Å². The van der Waals surface area contributed by atoms with Crippen molar-refractivity contribution in [3.05, 3.63) is 41.0 Å².